The van der Waals surface area contributed by atoms with Crippen LogP contribution >= 0.6 is 11.3 Å². The number of aromatic nitrogens is 1. The summed E-state index contributed by atoms with van der Waals surface area (Å²) >= 11 is 1.77. The second-order valence-corrected chi connectivity index (χ2v) is 9.97. The van der Waals surface area contributed by atoms with Gasteiger partial charge in [0, 0.05) is 19.0 Å². The number of nitrogens with zero attached hydrogens (tertiary/aromatic N) is 3. The van der Waals surface area contributed by atoms with Gasteiger partial charge in [0.05, 0.1) is 21.9 Å². The van der Waals surface area contributed by atoms with E-state index in [2.05, 4.69) is 22.3 Å². The van der Waals surface area contributed by atoms with E-state index in [1.54, 1.807) is 36.5 Å². The molecule has 0 spiro atoms. The fourth-order valence-electron chi connectivity index (χ4n) is 4.81. The normalized spacial score (nSPS) is 23.5. The Balaban J connectivity index is 1.13. The van der Waals surface area contributed by atoms with E-state index in [-0.39, 0.29) is 25.4 Å². The zero-order chi connectivity index (χ0) is 22.6. The van der Waals surface area contributed by atoms with Crippen LogP contribution in [0.4, 0.5) is 4.79 Å². The Labute approximate surface area is 195 Å². The van der Waals surface area contributed by atoms with E-state index in [4.69, 9.17) is 14.5 Å². The lowest BCUT2D eigenvalue weighted by Gasteiger charge is -2.33. The standard InChI is InChI=1S/C24H24N4O4S/c1-24(16-6-7-18-19(12-16)32-14-31-18)22(29)28(23(30)26-24)13-27-10-8-15(9-11-27)21-25-17-4-2-3-5-20(17)33-21/h2-7,12,15H,8-11,13-14H2,1H3,(H,26,30)/t24-/m0/s1. The maximum atomic E-state index is 13.3. The van der Waals surface area contributed by atoms with Gasteiger partial charge >= 0.3 is 6.03 Å². The van der Waals surface area contributed by atoms with Crippen LogP contribution in [0.2, 0.25) is 0 Å². The van der Waals surface area contributed by atoms with E-state index in [0.29, 0.717) is 23.0 Å². The molecular formula is C24H24N4O4S. The monoisotopic (exact) mass is 464 g/mol. The first-order chi connectivity index (χ1) is 16.0. The molecule has 9 heteroatoms. The van der Waals surface area contributed by atoms with Crippen LogP contribution in [-0.2, 0) is 10.3 Å². The quantitative estimate of drug-likeness (QED) is 0.594. The van der Waals surface area contributed by atoms with Crippen molar-refractivity contribution < 1.29 is 19.1 Å². The molecule has 1 aromatic heterocycles. The largest absolute Gasteiger partial charge is 0.454 e. The average molecular weight is 465 g/mol. The molecular weight excluding hydrogens is 440 g/mol. The molecule has 6 rings (SSSR count). The van der Waals surface area contributed by atoms with Crippen molar-refractivity contribution in [2.24, 2.45) is 0 Å². The van der Waals surface area contributed by atoms with Crippen molar-refractivity contribution in [3.8, 4) is 11.5 Å². The van der Waals surface area contributed by atoms with Gasteiger partial charge in [0.1, 0.15) is 5.54 Å². The Morgan fingerprint density at radius 3 is 2.73 bits per heavy atom. The van der Waals surface area contributed by atoms with Crippen molar-refractivity contribution in [1.29, 1.82) is 0 Å². The molecule has 8 nitrogen and oxygen atoms in total. The van der Waals surface area contributed by atoms with Crippen LogP contribution in [0.3, 0.4) is 0 Å². The van der Waals surface area contributed by atoms with Crippen LogP contribution in [0.5, 0.6) is 11.5 Å². The summed E-state index contributed by atoms with van der Waals surface area (Å²) in [6.45, 7) is 3.83. The lowest BCUT2D eigenvalue weighted by Crippen LogP contribution is -2.46. The number of likely N-dealkylation sites (tertiary alicyclic amines) is 1. The SMILES string of the molecule is C[C@@]1(c2ccc3c(c2)OCO3)NC(=O)N(CN2CCC(c3nc4ccccc4s3)CC2)C1=O. The Bertz CT molecular complexity index is 1220. The number of ether oxygens (including phenoxy) is 2. The molecule has 0 saturated carbocycles. The van der Waals surface area contributed by atoms with Gasteiger partial charge in [-0.05, 0) is 49.6 Å². The number of para-hydroxylation sites is 1. The van der Waals surface area contributed by atoms with Gasteiger partial charge < -0.3 is 14.8 Å². The first-order valence-corrected chi connectivity index (χ1v) is 11.9. The van der Waals surface area contributed by atoms with Crippen molar-refractivity contribution in [3.63, 3.8) is 0 Å². The van der Waals surface area contributed by atoms with Crippen molar-refractivity contribution in [2.75, 3.05) is 26.6 Å². The van der Waals surface area contributed by atoms with Gasteiger partial charge in [-0.1, -0.05) is 18.2 Å². The number of rotatable bonds is 4. The highest BCUT2D eigenvalue weighted by atomic mass is 32.1. The highest BCUT2D eigenvalue weighted by Crippen LogP contribution is 2.38. The molecule has 3 aliphatic rings. The number of urea groups is 1. The highest BCUT2D eigenvalue weighted by Gasteiger charge is 2.49. The summed E-state index contributed by atoms with van der Waals surface area (Å²) in [7, 11) is 0. The third kappa shape index (κ3) is 3.43. The number of thiazole rings is 1. The number of carbonyl (C=O) groups excluding carboxylic acids is 2. The summed E-state index contributed by atoms with van der Waals surface area (Å²) in [5.41, 5.74) is 0.612. The Morgan fingerprint density at radius 1 is 1.12 bits per heavy atom. The summed E-state index contributed by atoms with van der Waals surface area (Å²) in [4.78, 5) is 34.4. The van der Waals surface area contributed by atoms with E-state index in [1.807, 2.05) is 12.1 Å². The van der Waals surface area contributed by atoms with Gasteiger partial charge in [0.25, 0.3) is 5.91 Å². The van der Waals surface area contributed by atoms with Gasteiger partial charge in [0.2, 0.25) is 6.79 Å². The minimum atomic E-state index is -1.13. The smallest absolute Gasteiger partial charge is 0.326 e. The van der Waals surface area contributed by atoms with E-state index in [0.717, 1.165) is 31.4 Å². The molecule has 4 heterocycles. The van der Waals surface area contributed by atoms with Crippen molar-refractivity contribution in [1.82, 2.24) is 20.1 Å². The Morgan fingerprint density at radius 2 is 1.91 bits per heavy atom. The van der Waals surface area contributed by atoms with Gasteiger partial charge in [-0.2, -0.15) is 0 Å². The number of nitrogens with one attached hydrogen (secondary N) is 1. The molecule has 0 radical (unpaired) electrons. The molecule has 0 bridgehead atoms. The Kier molecular flexibility index (Phi) is 4.77. The van der Waals surface area contributed by atoms with Crippen LogP contribution in [-0.4, -0.2) is 53.3 Å². The van der Waals surface area contributed by atoms with Crippen LogP contribution in [0.1, 0.15) is 36.3 Å². The molecule has 1 atom stereocenters. The van der Waals surface area contributed by atoms with Crippen molar-refractivity contribution in [2.45, 2.75) is 31.2 Å². The van der Waals surface area contributed by atoms with E-state index >= 15 is 0 Å². The summed E-state index contributed by atoms with van der Waals surface area (Å²) in [6, 6.07) is 13.2. The van der Waals surface area contributed by atoms with Gasteiger partial charge in [-0.3, -0.25) is 9.69 Å². The lowest BCUT2D eigenvalue weighted by molar-refractivity contribution is -0.132. The number of benzene rings is 2. The molecule has 0 unspecified atom stereocenters. The highest BCUT2D eigenvalue weighted by molar-refractivity contribution is 7.18. The van der Waals surface area contributed by atoms with E-state index in [9.17, 15) is 9.59 Å². The minimum absolute atomic E-state index is 0.162. The summed E-state index contributed by atoms with van der Waals surface area (Å²) < 4.78 is 12.0. The molecule has 2 fully saturated rings. The van der Waals surface area contributed by atoms with Crippen LogP contribution in [0, 0.1) is 0 Å². The van der Waals surface area contributed by atoms with Crippen molar-refractivity contribution >= 4 is 33.5 Å². The lowest BCUT2D eigenvalue weighted by atomic mass is 9.91. The zero-order valence-corrected chi connectivity index (χ0v) is 19.1. The number of hydrogen-bond donors (Lipinski definition) is 1. The molecule has 3 amide bonds. The third-order valence-electron chi connectivity index (χ3n) is 6.81. The van der Waals surface area contributed by atoms with Gasteiger partial charge in [-0.15, -0.1) is 11.3 Å². The molecule has 1 N–H and O–H groups in total. The Hall–Kier alpha value is -3.17. The van der Waals surface area contributed by atoms with E-state index < -0.39 is 5.54 Å². The predicted molar refractivity (Wildman–Crippen MR) is 123 cm³/mol. The molecule has 170 valence electrons. The second kappa shape index (κ2) is 7.71. The first-order valence-electron chi connectivity index (χ1n) is 11.1. The van der Waals surface area contributed by atoms with Crippen LogP contribution in [0.15, 0.2) is 42.5 Å². The average Bonchev–Trinajstić information content (AvgIpc) is 3.53. The summed E-state index contributed by atoms with van der Waals surface area (Å²) in [6.07, 6.45) is 1.92. The molecule has 2 saturated heterocycles. The third-order valence-corrected chi connectivity index (χ3v) is 8.01. The number of hydrogen-bond acceptors (Lipinski definition) is 7. The van der Waals surface area contributed by atoms with Crippen LogP contribution < -0.4 is 14.8 Å². The number of carbonyl (C=O) groups is 2. The van der Waals surface area contributed by atoms with Gasteiger partial charge in [0.15, 0.2) is 11.5 Å². The van der Waals surface area contributed by atoms with Crippen LogP contribution in [0.25, 0.3) is 10.2 Å². The predicted octanol–water partition coefficient (Wildman–Crippen LogP) is 3.63. The number of piperidine rings is 1. The fourth-order valence-corrected chi connectivity index (χ4v) is 5.95. The number of amides is 3. The maximum absolute atomic E-state index is 13.3. The molecule has 3 aromatic rings. The summed E-state index contributed by atoms with van der Waals surface area (Å²) in [5.74, 6) is 1.40. The zero-order valence-electron chi connectivity index (χ0n) is 18.2. The second-order valence-electron chi connectivity index (χ2n) is 8.91. The molecule has 2 aromatic carbocycles. The van der Waals surface area contributed by atoms with Crippen molar-refractivity contribution in [3.05, 3.63) is 53.0 Å². The first kappa shape index (κ1) is 20.4. The topological polar surface area (TPSA) is 84.0 Å². The van der Waals surface area contributed by atoms with Gasteiger partial charge in [-0.25, -0.2) is 14.7 Å². The molecule has 3 aliphatic heterocycles. The molecule has 0 aliphatic carbocycles. The number of fused-ring (bicyclic) bond motifs is 2. The van der Waals surface area contributed by atoms with E-state index in [1.165, 1.54) is 14.6 Å². The fraction of sp³-hybridized carbons (Fsp3) is 0.375. The minimum Gasteiger partial charge on any atom is -0.454 e. The number of imide groups is 1. The maximum Gasteiger partial charge on any atom is 0.326 e. The summed E-state index contributed by atoms with van der Waals surface area (Å²) in [5, 5.41) is 4.06. The molecule has 33 heavy (non-hydrogen) atoms.